The molecule has 1 fully saturated rings. The van der Waals surface area contributed by atoms with Gasteiger partial charge in [-0.1, -0.05) is 24.4 Å². The SMILES string of the molecule is Nc1onc(-c2ccc(Cl)o2)c1C(=O)NCC1CCCCC1. The minimum absolute atomic E-state index is 0.0244. The van der Waals surface area contributed by atoms with Gasteiger partial charge >= 0.3 is 0 Å². The molecule has 1 amide bonds. The maximum atomic E-state index is 12.4. The number of nitrogens with zero attached hydrogens (tertiary/aromatic N) is 1. The maximum absolute atomic E-state index is 12.4. The summed E-state index contributed by atoms with van der Waals surface area (Å²) >= 11 is 5.75. The van der Waals surface area contributed by atoms with E-state index in [-0.39, 0.29) is 28.3 Å². The number of carbonyl (C=O) groups is 1. The Hall–Kier alpha value is -1.95. The lowest BCUT2D eigenvalue weighted by Crippen LogP contribution is -2.30. The average Bonchev–Trinajstić information content (AvgIpc) is 3.12. The van der Waals surface area contributed by atoms with Crippen molar-refractivity contribution < 1.29 is 13.7 Å². The lowest BCUT2D eigenvalue weighted by Gasteiger charge is -2.21. The van der Waals surface area contributed by atoms with Crippen LogP contribution in [0.2, 0.25) is 5.22 Å². The van der Waals surface area contributed by atoms with Crippen molar-refractivity contribution in [1.82, 2.24) is 10.5 Å². The summed E-state index contributed by atoms with van der Waals surface area (Å²) < 4.78 is 10.2. The smallest absolute Gasteiger partial charge is 0.259 e. The summed E-state index contributed by atoms with van der Waals surface area (Å²) in [5.74, 6) is 0.559. The van der Waals surface area contributed by atoms with Crippen LogP contribution < -0.4 is 11.1 Å². The van der Waals surface area contributed by atoms with Gasteiger partial charge in [0.15, 0.2) is 16.7 Å². The quantitative estimate of drug-likeness (QED) is 0.898. The maximum Gasteiger partial charge on any atom is 0.259 e. The third-order valence-electron chi connectivity index (χ3n) is 4.03. The minimum Gasteiger partial charge on any atom is -0.443 e. The molecule has 2 aromatic rings. The van der Waals surface area contributed by atoms with Crippen molar-refractivity contribution in [3.63, 3.8) is 0 Å². The number of nitrogens with two attached hydrogens (primary N) is 1. The molecular weight excluding hydrogens is 306 g/mol. The highest BCUT2D eigenvalue weighted by atomic mass is 35.5. The van der Waals surface area contributed by atoms with Crippen LogP contribution in [0, 0.1) is 5.92 Å². The number of nitrogens with one attached hydrogen (secondary N) is 1. The van der Waals surface area contributed by atoms with Gasteiger partial charge in [0.1, 0.15) is 5.56 Å². The van der Waals surface area contributed by atoms with Crippen LogP contribution in [-0.4, -0.2) is 17.6 Å². The molecule has 2 aromatic heterocycles. The van der Waals surface area contributed by atoms with Crippen molar-refractivity contribution in [2.45, 2.75) is 32.1 Å². The van der Waals surface area contributed by atoms with Gasteiger partial charge in [0, 0.05) is 6.54 Å². The number of hydrogen-bond acceptors (Lipinski definition) is 5. The summed E-state index contributed by atoms with van der Waals surface area (Å²) in [6.45, 7) is 0.641. The summed E-state index contributed by atoms with van der Waals surface area (Å²) in [4.78, 5) is 12.4. The lowest BCUT2D eigenvalue weighted by molar-refractivity contribution is 0.0944. The molecule has 3 rings (SSSR count). The van der Waals surface area contributed by atoms with E-state index < -0.39 is 0 Å². The van der Waals surface area contributed by atoms with Gasteiger partial charge in [0.25, 0.3) is 5.91 Å². The van der Waals surface area contributed by atoms with E-state index in [0.717, 1.165) is 12.8 Å². The van der Waals surface area contributed by atoms with Crippen LogP contribution in [0.1, 0.15) is 42.5 Å². The molecule has 0 atom stereocenters. The van der Waals surface area contributed by atoms with E-state index in [4.69, 9.17) is 26.3 Å². The van der Waals surface area contributed by atoms with Crippen molar-refractivity contribution in [3.8, 4) is 11.5 Å². The Balaban J connectivity index is 1.73. The van der Waals surface area contributed by atoms with Gasteiger partial charge in [-0.05, 0) is 42.5 Å². The second-order valence-electron chi connectivity index (χ2n) is 5.59. The number of aromatic nitrogens is 1. The van der Waals surface area contributed by atoms with Gasteiger partial charge in [-0.15, -0.1) is 0 Å². The van der Waals surface area contributed by atoms with Crippen LogP contribution in [0.5, 0.6) is 0 Å². The third-order valence-corrected chi connectivity index (χ3v) is 4.23. The monoisotopic (exact) mass is 323 g/mol. The summed E-state index contributed by atoms with van der Waals surface area (Å²) in [5.41, 5.74) is 6.20. The minimum atomic E-state index is -0.299. The standard InChI is InChI=1S/C15H18ClN3O3/c16-11-7-6-10(21-11)13-12(14(17)22-19-13)15(20)18-8-9-4-2-1-3-5-9/h6-7,9H,1-5,8,17H2,(H,18,20). The highest BCUT2D eigenvalue weighted by Gasteiger charge is 2.25. The summed E-state index contributed by atoms with van der Waals surface area (Å²) in [5, 5.41) is 6.93. The number of halogens is 1. The van der Waals surface area contributed by atoms with Crippen LogP contribution >= 0.6 is 11.6 Å². The zero-order valence-electron chi connectivity index (χ0n) is 12.1. The number of rotatable bonds is 4. The summed E-state index contributed by atoms with van der Waals surface area (Å²) in [6, 6.07) is 3.20. The molecule has 0 bridgehead atoms. The Morgan fingerprint density at radius 1 is 1.36 bits per heavy atom. The second kappa shape index (κ2) is 6.44. The molecule has 0 saturated heterocycles. The van der Waals surface area contributed by atoms with Crippen LogP contribution in [0.25, 0.3) is 11.5 Å². The molecule has 0 aliphatic heterocycles. The first kappa shape index (κ1) is 15.0. The van der Waals surface area contributed by atoms with Crippen molar-refractivity contribution >= 4 is 23.4 Å². The predicted octanol–water partition coefficient (Wildman–Crippen LogP) is 3.48. The van der Waals surface area contributed by atoms with Crippen LogP contribution in [-0.2, 0) is 0 Å². The first-order valence-electron chi connectivity index (χ1n) is 7.44. The largest absolute Gasteiger partial charge is 0.443 e. The van der Waals surface area contributed by atoms with Gasteiger partial charge in [0.2, 0.25) is 5.88 Å². The average molecular weight is 324 g/mol. The number of amides is 1. The molecule has 2 heterocycles. The fraction of sp³-hybridized carbons (Fsp3) is 0.467. The molecule has 7 heteroatoms. The Morgan fingerprint density at radius 3 is 2.82 bits per heavy atom. The van der Waals surface area contributed by atoms with E-state index in [0.29, 0.717) is 18.2 Å². The topological polar surface area (TPSA) is 94.3 Å². The molecule has 6 nitrogen and oxygen atoms in total. The molecule has 0 aromatic carbocycles. The molecule has 0 radical (unpaired) electrons. The van der Waals surface area contributed by atoms with Gasteiger partial charge < -0.3 is 20.0 Å². The van der Waals surface area contributed by atoms with E-state index in [9.17, 15) is 4.79 Å². The fourth-order valence-electron chi connectivity index (χ4n) is 2.85. The van der Waals surface area contributed by atoms with Crippen molar-refractivity contribution in [3.05, 3.63) is 22.9 Å². The van der Waals surface area contributed by atoms with Crippen molar-refractivity contribution in [2.24, 2.45) is 5.92 Å². The first-order chi connectivity index (χ1) is 10.6. The molecular formula is C15H18ClN3O3. The number of furan rings is 1. The van der Waals surface area contributed by atoms with Crippen molar-refractivity contribution in [1.29, 1.82) is 0 Å². The molecule has 0 spiro atoms. The van der Waals surface area contributed by atoms with E-state index in [1.807, 2.05) is 0 Å². The second-order valence-corrected chi connectivity index (χ2v) is 5.96. The molecule has 1 aliphatic carbocycles. The number of nitrogen functional groups attached to an aromatic ring is 1. The molecule has 118 valence electrons. The Morgan fingerprint density at radius 2 is 2.14 bits per heavy atom. The normalized spacial score (nSPS) is 15.9. The Kier molecular flexibility index (Phi) is 4.38. The molecule has 1 aliphatic rings. The number of carbonyl (C=O) groups excluding carboxylic acids is 1. The zero-order chi connectivity index (χ0) is 15.5. The third kappa shape index (κ3) is 3.11. The molecule has 1 saturated carbocycles. The van der Waals surface area contributed by atoms with Gasteiger partial charge in [0.05, 0.1) is 0 Å². The Bertz CT molecular complexity index is 659. The van der Waals surface area contributed by atoms with Gasteiger partial charge in [-0.25, -0.2) is 0 Å². The lowest BCUT2D eigenvalue weighted by atomic mass is 9.89. The molecule has 22 heavy (non-hydrogen) atoms. The van der Waals surface area contributed by atoms with Crippen molar-refractivity contribution in [2.75, 3.05) is 12.3 Å². The van der Waals surface area contributed by atoms with Crippen LogP contribution in [0.15, 0.2) is 21.1 Å². The van der Waals surface area contributed by atoms with E-state index in [1.54, 1.807) is 12.1 Å². The van der Waals surface area contributed by atoms with Crippen LogP contribution in [0.3, 0.4) is 0 Å². The highest BCUT2D eigenvalue weighted by Crippen LogP contribution is 2.30. The van der Waals surface area contributed by atoms with Gasteiger partial charge in [-0.2, -0.15) is 0 Å². The summed E-state index contributed by atoms with van der Waals surface area (Å²) in [7, 11) is 0. The van der Waals surface area contributed by atoms with Gasteiger partial charge in [-0.3, -0.25) is 4.79 Å². The molecule has 3 N–H and O–H groups in total. The summed E-state index contributed by atoms with van der Waals surface area (Å²) in [6.07, 6.45) is 6.05. The van der Waals surface area contributed by atoms with E-state index >= 15 is 0 Å². The first-order valence-corrected chi connectivity index (χ1v) is 7.82. The number of hydrogen-bond donors (Lipinski definition) is 2. The fourth-order valence-corrected chi connectivity index (χ4v) is 2.99. The van der Waals surface area contributed by atoms with E-state index in [2.05, 4.69) is 10.5 Å². The van der Waals surface area contributed by atoms with E-state index in [1.165, 1.54) is 19.3 Å². The number of anilines is 1. The Labute approximate surface area is 133 Å². The predicted molar refractivity (Wildman–Crippen MR) is 82.5 cm³/mol. The highest BCUT2D eigenvalue weighted by molar-refractivity contribution is 6.29. The van der Waals surface area contributed by atoms with Crippen LogP contribution in [0.4, 0.5) is 5.88 Å². The molecule has 0 unspecified atom stereocenters. The zero-order valence-corrected chi connectivity index (χ0v) is 12.9.